The third-order valence-electron chi connectivity index (χ3n) is 5.31. The molecule has 3 heterocycles. The molecule has 5 nitrogen and oxygen atoms in total. The molecule has 0 unspecified atom stereocenters. The molecular weight excluding hydrogens is 322 g/mol. The van der Waals surface area contributed by atoms with Crippen molar-refractivity contribution in [3.05, 3.63) is 60.2 Å². The summed E-state index contributed by atoms with van der Waals surface area (Å²) in [6.07, 6.45) is 9.20. The van der Waals surface area contributed by atoms with Crippen LogP contribution in [0.4, 0.5) is 0 Å². The van der Waals surface area contributed by atoms with Crippen molar-refractivity contribution in [1.82, 2.24) is 24.6 Å². The average Bonchev–Trinajstić information content (AvgIpc) is 2.96. The minimum atomic E-state index is 0.603. The van der Waals surface area contributed by atoms with Gasteiger partial charge in [-0.2, -0.15) is 5.10 Å². The fourth-order valence-electron chi connectivity index (χ4n) is 4.10. The van der Waals surface area contributed by atoms with E-state index in [0.29, 0.717) is 5.92 Å². The zero-order valence-electron chi connectivity index (χ0n) is 15.7. The van der Waals surface area contributed by atoms with Crippen molar-refractivity contribution >= 4 is 10.8 Å². The van der Waals surface area contributed by atoms with E-state index in [1.807, 2.05) is 24.1 Å². The number of fused-ring (bicyclic) bond motifs is 1. The summed E-state index contributed by atoms with van der Waals surface area (Å²) < 4.78 is 1.89. The first kappa shape index (κ1) is 17.2. The molecule has 2 aromatic heterocycles. The van der Waals surface area contributed by atoms with Crippen LogP contribution in [-0.2, 0) is 20.0 Å². The van der Waals surface area contributed by atoms with Gasteiger partial charge in [0, 0.05) is 69.3 Å². The van der Waals surface area contributed by atoms with Crippen molar-refractivity contribution in [3.63, 3.8) is 0 Å². The summed E-state index contributed by atoms with van der Waals surface area (Å²) in [5.74, 6) is 0.603. The van der Waals surface area contributed by atoms with Crippen LogP contribution in [0.15, 0.2) is 49.1 Å². The number of likely N-dealkylation sites (N-methyl/N-ethyl adjacent to an activating group) is 1. The average molecular weight is 349 g/mol. The van der Waals surface area contributed by atoms with Crippen LogP contribution in [0.1, 0.15) is 11.1 Å². The van der Waals surface area contributed by atoms with E-state index >= 15 is 0 Å². The molecular formula is C21H27N5. The summed E-state index contributed by atoms with van der Waals surface area (Å²) in [5.41, 5.74) is 2.66. The maximum absolute atomic E-state index is 4.47. The van der Waals surface area contributed by atoms with Gasteiger partial charge in [0.15, 0.2) is 0 Å². The van der Waals surface area contributed by atoms with Crippen molar-refractivity contribution in [2.24, 2.45) is 13.0 Å². The summed E-state index contributed by atoms with van der Waals surface area (Å²) in [6.45, 7) is 5.45. The minimum absolute atomic E-state index is 0.603. The smallest absolute Gasteiger partial charge is 0.0534 e. The molecule has 0 N–H and O–H groups in total. The lowest BCUT2D eigenvalue weighted by atomic mass is 9.96. The van der Waals surface area contributed by atoms with Gasteiger partial charge in [-0.25, -0.2) is 0 Å². The molecule has 1 atom stereocenters. The Morgan fingerprint density at radius 1 is 1.04 bits per heavy atom. The lowest BCUT2D eigenvalue weighted by Gasteiger charge is -2.24. The Kier molecular flexibility index (Phi) is 5.00. The molecule has 1 aliphatic rings. The summed E-state index contributed by atoms with van der Waals surface area (Å²) >= 11 is 0. The van der Waals surface area contributed by atoms with Gasteiger partial charge < -0.3 is 4.90 Å². The van der Waals surface area contributed by atoms with Gasteiger partial charge >= 0.3 is 0 Å². The van der Waals surface area contributed by atoms with Gasteiger partial charge in [0.1, 0.15) is 0 Å². The van der Waals surface area contributed by atoms with E-state index < -0.39 is 0 Å². The number of nitrogens with zero attached hydrogens (tertiary/aromatic N) is 5. The maximum atomic E-state index is 4.47. The van der Waals surface area contributed by atoms with Gasteiger partial charge in [0.2, 0.25) is 0 Å². The predicted molar refractivity (Wildman–Crippen MR) is 105 cm³/mol. The molecule has 0 aliphatic carbocycles. The molecule has 4 rings (SSSR count). The first-order valence-corrected chi connectivity index (χ1v) is 9.37. The molecule has 5 heteroatoms. The normalized spacial score (nSPS) is 19.7. The van der Waals surface area contributed by atoms with Gasteiger partial charge in [-0.3, -0.25) is 14.6 Å². The molecule has 0 spiro atoms. The zero-order chi connectivity index (χ0) is 17.9. The third kappa shape index (κ3) is 3.94. The fourth-order valence-corrected chi connectivity index (χ4v) is 4.10. The number of aromatic nitrogens is 3. The van der Waals surface area contributed by atoms with Gasteiger partial charge in [0.05, 0.1) is 6.20 Å². The standard InChI is InChI=1S/C21H27N5/c1-24-7-8-26(16-18-10-23-25(2)14-18)15-17(13-24)9-20-12-22-11-19-5-3-4-6-21(19)20/h3-6,10-12,14,17H,7-9,13,15-16H2,1-2H3/t17-/m0/s1. The number of pyridine rings is 1. The number of aryl methyl sites for hydroxylation is 1. The highest BCUT2D eigenvalue weighted by atomic mass is 15.3. The first-order valence-electron chi connectivity index (χ1n) is 9.37. The molecule has 0 bridgehead atoms. The van der Waals surface area contributed by atoms with E-state index in [0.717, 1.165) is 39.1 Å². The SMILES string of the molecule is CN1CCN(Cc2cnn(C)c2)C[C@@H](Cc2cncc3ccccc23)C1. The highest BCUT2D eigenvalue weighted by Gasteiger charge is 2.22. The Morgan fingerprint density at radius 3 is 2.77 bits per heavy atom. The molecule has 26 heavy (non-hydrogen) atoms. The fraction of sp³-hybridized carbons (Fsp3) is 0.429. The van der Waals surface area contributed by atoms with Crippen molar-refractivity contribution in [1.29, 1.82) is 0 Å². The zero-order valence-corrected chi connectivity index (χ0v) is 15.7. The summed E-state index contributed by atoms with van der Waals surface area (Å²) in [4.78, 5) is 9.51. The Hall–Kier alpha value is -2.24. The van der Waals surface area contributed by atoms with Crippen LogP contribution in [0.5, 0.6) is 0 Å². The van der Waals surface area contributed by atoms with E-state index in [9.17, 15) is 0 Å². The van der Waals surface area contributed by atoms with Crippen molar-refractivity contribution in [3.8, 4) is 0 Å². The Bertz CT molecular complexity index is 866. The molecule has 1 aromatic carbocycles. The van der Waals surface area contributed by atoms with Crippen molar-refractivity contribution in [2.75, 3.05) is 33.2 Å². The highest BCUT2D eigenvalue weighted by molar-refractivity contribution is 5.84. The van der Waals surface area contributed by atoms with Crippen LogP contribution < -0.4 is 0 Å². The van der Waals surface area contributed by atoms with Crippen molar-refractivity contribution in [2.45, 2.75) is 13.0 Å². The molecule has 0 amide bonds. The lowest BCUT2D eigenvalue weighted by molar-refractivity contribution is 0.249. The van der Waals surface area contributed by atoms with E-state index in [1.165, 1.54) is 21.9 Å². The summed E-state index contributed by atoms with van der Waals surface area (Å²) in [6, 6.07) is 8.59. The maximum Gasteiger partial charge on any atom is 0.0534 e. The molecule has 0 saturated carbocycles. The van der Waals surface area contributed by atoms with Gasteiger partial charge in [-0.1, -0.05) is 24.3 Å². The second-order valence-corrected chi connectivity index (χ2v) is 7.61. The van der Waals surface area contributed by atoms with Gasteiger partial charge in [-0.15, -0.1) is 0 Å². The van der Waals surface area contributed by atoms with Crippen LogP contribution >= 0.6 is 0 Å². The molecule has 1 aliphatic heterocycles. The predicted octanol–water partition coefficient (Wildman–Crippen LogP) is 2.57. The Labute approximate surface area is 155 Å². The highest BCUT2D eigenvalue weighted by Crippen LogP contribution is 2.22. The Morgan fingerprint density at radius 2 is 1.92 bits per heavy atom. The van der Waals surface area contributed by atoms with Crippen LogP contribution in [-0.4, -0.2) is 57.8 Å². The number of benzene rings is 1. The van der Waals surface area contributed by atoms with Crippen LogP contribution in [0.3, 0.4) is 0 Å². The lowest BCUT2D eigenvalue weighted by Crippen LogP contribution is -2.30. The number of hydrogen-bond acceptors (Lipinski definition) is 4. The summed E-state index contributed by atoms with van der Waals surface area (Å²) in [7, 11) is 4.22. The minimum Gasteiger partial charge on any atom is -0.305 e. The molecule has 3 aromatic rings. The van der Waals surface area contributed by atoms with Gasteiger partial charge in [0.25, 0.3) is 0 Å². The molecule has 1 saturated heterocycles. The second-order valence-electron chi connectivity index (χ2n) is 7.61. The number of hydrogen-bond donors (Lipinski definition) is 0. The summed E-state index contributed by atoms with van der Waals surface area (Å²) in [5, 5.41) is 6.89. The van der Waals surface area contributed by atoms with E-state index in [4.69, 9.17) is 0 Å². The number of rotatable bonds is 4. The van der Waals surface area contributed by atoms with Crippen LogP contribution in [0.2, 0.25) is 0 Å². The monoisotopic (exact) mass is 349 g/mol. The van der Waals surface area contributed by atoms with E-state index in [2.05, 4.69) is 63.6 Å². The van der Waals surface area contributed by atoms with E-state index in [-0.39, 0.29) is 0 Å². The van der Waals surface area contributed by atoms with Crippen LogP contribution in [0, 0.1) is 5.92 Å². The molecule has 0 radical (unpaired) electrons. The quantitative estimate of drug-likeness (QED) is 0.725. The van der Waals surface area contributed by atoms with Crippen molar-refractivity contribution < 1.29 is 0 Å². The second kappa shape index (κ2) is 7.56. The Balaban J connectivity index is 1.52. The molecule has 1 fully saturated rings. The van der Waals surface area contributed by atoms with E-state index in [1.54, 1.807) is 0 Å². The molecule has 136 valence electrons. The largest absolute Gasteiger partial charge is 0.305 e. The van der Waals surface area contributed by atoms with Gasteiger partial charge in [-0.05, 0) is 30.3 Å². The topological polar surface area (TPSA) is 37.2 Å². The van der Waals surface area contributed by atoms with Crippen LogP contribution in [0.25, 0.3) is 10.8 Å². The third-order valence-corrected chi connectivity index (χ3v) is 5.31. The first-order chi connectivity index (χ1) is 12.7.